The Kier molecular flexibility index (Phi) is 11.3. The fourth-order valence-corrected chi connectivity index (χ4v) is 3.80. The molecule has 0 heterocycles. The van der Waals surface area contributed by atoms with Gasteiger partial charge in [0.2, 0.25) is 0 Å². The van der Waals surface area contributed by atoms with Crippen molar-refractivity contribution in [3.05, 3.63) is 82.9 Å². The maximum Gasteiger partial charge on any atom is 4.00 e. The first-order valence-electron chi connectivity index (χ1n) is 8.93. The van der Waals surface area contributed by atoms with Crippen LogP contribution in [-0.4, -0.2) is 0 Å². The Morgan fingerprint density at radius 3 is 1.30 bits per heavy atom. The number of hydrogen-bond acceptors (Lipinski definition) is 0. The molecule has 0 fully saturated rings. The number of hydrogen-bond donors (Lipinski definition) is 0. The van der Waals surface area contributed by atoms with Crippen LogP contribution in [0.5, 0.6) is 0 Å². The van der Waals surface area contributed by atoms with Crippen molar-refractivity contribution in [1.29, 1.82) is 0 Å². The van der Waals surface area contributed by atoms with Gasteiger partial charge in [0.1, 0.15) is 0 Å². The minimum atomic E-state index is 0. The van der Waals surface area contributed by atoms with E-state index in [1.54, 1.807) is 0 Å². The molecule has 0 saturated heterocycles. The Hall–Kier alpha value is -1.05. The number of rotatable bonds is 2. The van der Waals surface area contributed by atoms with Crippen LogP contribution in [0.1, 0.15) is 36.1 Å². The second-order valence-electron chi connectivity index (χ2n) is 6.49. The first-order chi connectivity index (χ1) is 11.7. The molecule has 4 rings (SSSR count). The van der Waals surface area contributed by atoms with Gasteiger partial charge in [0, 0.05) is 0 Å². The SMILES string of the molecule is CCc1c(C)[cH-]c2ccccc12.CCc1c(C)[cH-]c2ccccc12.[Cl-].[Cl-].[Ti+4]. The Morgan fingerprint density at radius 1 is 0.630 bits per heavy atom. The molecule has 0 aliphatic carbocycles. The summed E-state index contributed by atoms with van der Waals surface area (Å²) < 4.78 is 0. The molecule has 0 aliphatic heterocycles. The summed E-state index contributed by atoms with van der Waals surface area (Å²) in [6, 6.07) is 21.7. The third kappa shape index (κ3) is 5.49. The summed E-state index contributed by atoms with van der Waals surface area (Å²) in [5.41, 5.74) is 5.87. The number of fused-ring (bicyclic) bond motifs is 2. The Morgan fingerprint density at radius 2 is 0.963 bits per heavy atom. The standard InChI is InChI=1S/2C12H13.2ClH.Ti/c2*1-3-11-9(2)8-10-6-4-5-7-12(10)11;;;/h2*4-8H,3H2,1-2H3;2*1H;/q2*-1;;;+4/p-2. The van der Waals surface area contributed by atoms with Crippen LogP contribution in [0.4, 0.5) is 0 Å². The Bertz CT molecular complexity index is 883. The summed E-state index contributed by atoms with van der Waals surface area (Å²) in [4.78, 5) is 0. The number of halogens is 2. The van der Waals surface area contributed by atoms with E-state index in [9.17, 15) is 0 Å². The average Bonchev–Trinajstić information content (AvgIpc) is 3.09. The van der Waals surface area contributed by atoms with E-state index in [1.807, 2.05) is 0 Å². The van der Waals surface area contributed by atoms with Gasteiger partial charge in [-0.05, 0) is 0 Å². The smallest absolute Gasteiger partial charge is 1.00 e. The fraction of sp³-hybridized carbons (Fsp3) is 0.250. The summed E-state index contributed by atoms with van der Waals surface area (Å²) >= 11 is 0. The van der Waals surface area contributed by atoms with Crippen molar-refractivity contribution in [2.45, 2.75) is 40.5 Å². The van der Waals surface area contributed by atoms with E-state index in [0.717, 1.165) is 12.8 Å². The van der Waals surface area contributed by atoms with Gasteiger partial charge in [-0.2, -0.15) is 11.1 Å². The molecule has 0 aromatic heterocycles. The van der Waals surface area contributed by atoms with Crippen LogP contribution in [0.15, 0.2) is 60.7 Å². The van der Waals surface area contributed by atoms with Crippen molar-refractivity contribution in [2.75, 3.05) is 0 Å². The van der Waals surface area contributed by atoms with Crippen LogP contribution in [0.3, 0.4) is 0 Å². The first kappa shape index (κ1) is 26.0. The molecule has 4 aromatic rings. The normalized spacial score (nSPS) is 9.63. The molecule has 0 amide bonds. The molecule has 0 bridgehead atoms. The third-order valence-electron chi connectivity index (χ3n) is 4.97. The quantitative estimate of drug-likeness (QED) is 0.325. The van der Waals surface area contributed by atoms with Crippen molar-refractivity contribution in [3.8, 4) is 0 Å². The summed E-state index contributed by atoms with van der Waals surface area (Å²) in [5, 5.41) is 5.62. The van der Waals surface area contributed by atoms with Crippen LogP contribution in [0.2, 0.25) is 0 Å². The van der Waals surface area contributed by atoms with Gasteiger partial charge in [-0.25, -0.2) is 0 Å². The monoisotopic (exact) mass is 432 g/mol. The predicted molar refractivity (Wildman–Crippen MR) is 107 cm³/mol. The molecule has 0 nitrogen and oxygen atoms in total. The number of benzene rings is 2. The zero-order valence-electron chi connectivity index (χ0n) is 16.4. The molecule has 4 aromatic carbocycles. The largest absolute Gasteiger partial charge is 4.00 e. The van der Waals surface area contributed by atoms with Crippen molar-refractivity contribution in [1.82, 2.24) is 0 Å². The average molecular weight is 433 g/mol. The molecule has 0 unspecified atom stereocenters. The second-order valence-corrected chi connectivity index (χ2v) is 6.49. The van der Waals surface area contributed by atoms with Gasteiger partial charge in [0.15, 0.2) is 0 Å². The van der Waals surface area contributed by atoms with Gasteiger partial charge in [-0.15, -0.1) is 81.2 Å². The van der Waals surface area contributed by atoms with Crippen LogP contribution >= 0.6 is 0 Å². The summed E-state index contributed by atoms with van der Waals surface area (Å²) in [7, 11) is 0. The van der Waals surface area contributed by atoms with E-state index in [-0.39, 0.29) is 46.5 Å². The maximum atomic E-state index is 2.27. The molecule has 0 radical (unpaired) electrons. The fourth-order valence-electron chi connectivity index (χ4n) is 3.80. The summed E-state index contributed by atoms with van der Waals surface area (Å²) in [6.45, 7) is 8.82. The Balaban J connectivity index is 0.000000451. The molecule has 3 heteroatoms. The van der Waals surface area contributed by atoms with E-state index in [0.29, 0.717) is 0 Å². The van der Waals surface area contributed by atoms with Gasteiger partial charge < -0.3 is 24.8 Å². The maximum absolute atomic E-state index is 2.27. The van der Waals surface area contributed by atoms with E-state index in [1.165, 1.54) is 43.8 Å². The summed E-state index contributed by atoms with van der Waals surface area (Å²) in [6.07, 6.45) is 2.28. The van der Waals surface area contributed by atoms with E-state index < -0.39 is 0 Å². The molecule has 0 atom stereocenters. The topological polar surface area (TPSA) is 0 Å². The molecule has 0 N–H and O–H groups in total. The van der Waals surface area contributed by atoms with Crippen LogP contribution in [0.25, 0.3) is 21.5 Å². The van der Waals surface area contributed by atoms with E-state index in [4.69, 9.17) is 0 Å². The van der Waals surface area contributed by atoms with Gasteiger partial charge in [-0.3, -0.25) is 0 Å². The first-order valence-corrected chi connectivity index (χ1v) is 8.93. The van der Waals surface area contributed by atoms with Gasteiger partial charge >= 0.3 is 21.7 Å². The summed E-state index contributed by atoms with van der Waals surface area (Å²) in [5.74, 6) is 0. The van der Waals surface area contributed by atoms with Gasteiger partial charge in [-0.1, -0.05) is 52.7 Å². The molecule has 0 aliphatic rings. The second kappa shape index (κ2) is 11.7. The van der Waals surface area contributed by atoms with Crippen molar-refractivity contribution in [2.24, 2.45) is 0 Å². The number of aryl methyl sites for hydroxylation is 4. The third-order valence-corrected chi connectivity index (χ3v) is 4.97. The van der Waals surface area contributed by atoms with Gasteiger partial charge in [0.25, 0.3) is 0 Å². The van der Waals surface area contributed by atoms with Crippen molar-refractivity contribution in [3.63, 3.8) is 0 Å². The van der Waals surface area contributed by atoms with Crippen molar-refractivity contribution < 1.29 is 46.5 Å². The zero-order valence-corrected chi connectivity index (χ0v) is 19.5. The van der Waals surface area contributed by atoms with E-state index in [2.05, 4.69) is 88.4 Å². The minimum Gasteiger partial charge on any atom is -1.00 e. The van der Waals surface area contributed by atoms with Crippen LogP contribution in [-0.2, 0) is 34.6 Å². The predicted octanol–water partition coefficient (Wildman–Crippen LogP) is 0.865. The molecule has 0 spiro atoms. The van der Waals surface area contributed by atoms with Crippen molar-refractivity contribution >= 4 is 21.5 Å². The van der Waals surface area contributed by atoms with Gasteiger partial charge in [0.05, 0.1) is 0 Å². The molecule has 140 valence electrons. The molecule has 0 saturated carbocycles. The van der Waals surface area contributed by atoms with E-state index >= 15 is 0 Å². The molecule has 27 heavy (non-hydrogen) atoms. The zero-order chi connectivity index (χ0) is 17.1. The minimum absolute atomic E-state index is 0. The molecular weight excluding hydrogens is 407 g/mol. The Labute approximate surface area is 190 Å². The van der Waals surface area contributed by atoms with Crippen LogP contribution in [0, 0.1) is 13.8 Å². The van der Waals surface area contributed by atoms with Crippen LogP contribution < -0.4 is 24.8 Å². The molecular formula is C24H26Cl2Ti.